The third kappa shape index (κ3) is 4.36. The van der Waals surface area contributed by atoms with E-state index in [0.717, 1.165) is 31.6 Å². The smallest absolute Gasteiger partial charge is 0.369 e. The van der Waals surface area contributed by atoms with Gasteiger partial charge >= 0.3 is 6.18 Å². The first-order chi connectivity index (χ1) is 14.9. The highest BCUT2D eigenvalue weighted by Crippen LogP contribution is 2.37. The summed E-state index contributed by atoms with van der Waals surface area (Å²) in [6.45, 7) is 3.11. The van der Waals surface area contributed by atoms with E-state index in [1.807, 2.05) is 24.3 Å². The molecule has 164 valence electrons. The van der Waals surface area contributed by atoms with E-state index in [1.54, 1.807) is 12.3 Å². The van der Waals surface area contributed by atoms with Crippen LogP contribution in [0.3, 0.4) is 0 Å². The maximum absolute atomic E-state index is 14.0. The number of nitrogens with zero attached hydrogens (tertiary/aromatic N) is 5. The molecule has 5 nitrogen and oxygen atoms in total. The zero-order chi connectivity index (χ0) is 21.6. The standard InChI is InChI=1S/C22H23ClF3N5/c23-17-3-5-18(6-4-17)30-11-9-29(10-12-30)14-16-7-8-31-19(13-15-1-2-15)27-28-21(31)20(16)22(24,25)26/h3-8,15H,1-2,9-14H2. The molecule has 1 aliphatic carbocycles. The second kappa shape index (κ2) is 7.98. The van der Waals surface area contributed by atoms with Crippen LogP contribution in [0.1, 0.15) is 29.8 Å². The molecule has 0 bridgehead atoms. The highest BCUT2D eigenvalue weighted by atomic mass is 35.5. The average Bonchev–Trinajstić information content (AvgIpc) is 3.47. The van der Waals surface area contributed by atoms with Gasteiger partial charge in [-0.3, -0.25) is 9.30 Å². The molecule has 1 aliphatic heterocycles. The molecule has 2 fully saturated rings. The van der Waals surface area contributed by atoms with Crippen molar-refractivity contribution in [3.05, 3.63) is 58.5 Å². The maximum atomic E-state index is 14.0. The van der Waals surface area contributed by atoms with Gasteiger partial charge in [0.1, 0.15) is 11.4 Å². The second-order valence-electron chi connectivity index (χ2n) is 8.41. The second-order valence-corrected chi connectivity index (χ2v) is 8.85. The lowest BCUT2D eigenvalue weighted by Crippen LogP contribution is -2.46. The molecular formula is C22H23ClF3N5. The van der Waals surface area contributed by atoms with Crippen molar-refractivity contribution >= 4 is 22.9 Å². The molecule has 0 amide bonds. The van der Waals surface area contributed by atoms with Crippen molar-refractivity contribution in [2.45, 2.75) is 32.0 Å². The van der Waals surface area contributed by atoms with Gasteiger partial charge in [0, 0.05) is 56.1 Å². The summed E-state index contributed by atoms with van der Waals surface area (Å²) < 4.78 is 43.6. The Morgan fingerprint density at radius 2 is 1.68 bits per heavy atom. The van der Waals surface area contributed by atoms with E-state index in [2.05, 4.69) is 20.0 Å². The Kier molecular flexibility index (Phi) is 5.30. The van der Waals surface area contributed by atoms with Crippen molar-refractivity contribution in [2.24, 2.45) is 5.92 Å². The van der Waals surface area contributed by atoms with Gasteiger partial charge in [-0.2, -0.15) is 13.2 Å². The molecule has 9 heteroatoms. The van der Waals surface area contributed by atoms with Gasteiger partial charge in [-0.25, -0.2) is 0 Å². The topological polar surface area (TPSA) is 36.7 Å². The molecule has 0 atom stereocenters. The summed E-state index contributed by atoms with van der Waals surface area (Å²) in [5.41, 5.74) is 0.587. The van der Waals surface area contributed by atoms with Crippen molar-refractivity contribution in [1.82, 2.24) is 19.5 Å². The Balaban J connectivity index is 1.34. The van der Waals surface area contributed by atoms with E-state index in [9.17, 15) is 13.2 Å². The van der Waals surface area contributed by atoms with Crippen molar-refractivity contribution in [3.8, 4) is 0 Å². The summed E-state index contributed by atoms with van der Waals surface area (Å²) in [5, 5.41) is 8.69. The molecule has 0 N–H and O–H groups in total. The summed E-state index contributed by atoms with van der Waals surface area (Å²) in [4.78, 5) is 4.29. The van der Waals surface area contributed by atoms with Gasteiger partial charge in [0.05, 0.1) is 0 Å². The van der Waals surface area contributed by atoms with Gasteiger partial charge in [-0.15, -0.1) is 10.2 Å². The summed E-state index contributed by atoms with van der Waals surface area (Å²) in [6.07, 6.45) is 0.126. The van der Waals surface area contributed by atoms with Crippen LogP contribution in [-0.2, 0) is 19.1 Å². The first-order valence-electron chi connectivity index (χ1n) is 10.5. The molecule has 0 unspecified atom stereocenters. The summed E-state index contributed by atoms with van der Waals surface area (Å²) in [7, 11) is 0. The molecule has 5 rings (SSSR count). The fourth-order valence-electron chi connectivity index (χ4n) is 4.26. The number of anilines is 1. The van der Waals surface area contributed by atoms with Gasteiger partial charge < -0.3 is 4.90 Å². The van der Waals surface area contributed by atoms with E-state index in [1.165, 1.54) is 4.40 Å². The lowest BCUT2D eigenvalue weighted by Gasteiger charge is -2.36. The van der Waals surface area contributed by atoms with Crippen molar-refractivity contribution in [1.29, 1.82) is 0 Å². The first kappa shape index (κ1) is 20.6. The number of rotatable bonds is 5. The number of benzene rings is 1. The largest absolute Gasteiger partial charge is 0.420 e. The Morgan fingerprint density at radius 3 is 2.32 bits per heavy atom. The maximum Gasteiger partial charge on any atom is 0.420 e. The normalized spacial score (nSPS) is 18.1. The Bertz CT molecular complexity index is 1070. The van der Waals surface area contributed by atoms with Crippen LogP contribution < -0.4 is 4.90 Å². The predicted octanol–water partition coefficient (Wildman–Crippen LogP) is 4.68. The van der Waals surface area contributed by atoms with E-state index in [0.29, 0.717) is 36.3 Å². The van der Waals surface area contributed by atoms with Crippen molar-refractivity contribution in [3.63, 3.8) is 0 Å². The Labute approximate surface area is 183 Å². The van der Waals surface area contributed by atoms with Crippen molar-refractivity contribution < 1.29 is 13.2 Å². The van der Waals surface area contributed by atoms with Crippen LogP contribution in [0.5, 0.6) is 0 Å². The predicted molar refractivity (Wildman–Crippen MR) is 113 cm³/mol. The van der Waals surface area contributed by atoms with E-state index in [-0.39, 0.29) is 17.8 Å². The number of hydrogen-bond acceptors (Lipinski definition) is 4. The molecular weight excluding hydrogens is 427 g/mol. The highest BCUT2D eigenvalue weighted by molar-refractivity contribution is 6.30. The van der Waals surface area contributed by atoms with Gasteiger partial charge in [0.25, 0.3) is 0 Å². The molecule has 1 saturated heterocycles. The molecule has 3 aromatic rings. The Morgan fingerprint density at radius 1 is 0.968 bits per heavy atom. The summed E-state index contributed by atoms with van der Waals surface area (Å²) >= 11 is 5.96. The third-order valence-electron chi connectivity index (χ3n) is 6.15. The molecule has 3 heterocycles. The average molecular weight is 450 g/mol. The van der Waals surface area contributed by atoms with Crippen LogP contribution in [0.25, 0.3) is 5.65 Å². The number of halogens is 4. The lowest BCUT2D eigenvalue weighted by molar-refractivity contribution is -0.137. The molecule has 2 aromatic heterocycles. The van der Waals surface area contributed by atoms with Crippen LogP contribution in [0.4, 0.5) is 18.9 Å². The quantitative estimate of drug-likeness (QED) is 0.567. The van der Waals surface area contributed by atoms with Gasteiger partial charge in [0.15, 0.2) is 5.65 Å². The molecule has 2 aliphatic rings. The molecule has 0 radical (unpaired) electrons. The molecule has 1 saturated carbocycles. The summed E-state index contributed by atoms with van der Waals surface area (Å²) in [5.74, 6) is 1.14. The number of hydrogen-bond donors (Lipinski definition) is 0. The molecule has 31 heavy (non-hydrogen) atoms. The number of pyridine rings is 1. The minimum atomic E-state index is -4.48. The number of piperazine rings is 1. The number of alkyl halides is 3. The zero-order valence-corrected chi connectivity index (χ0v) is 17.7. The molecule has 1 aromatic carbocycles. The monoisotopic (exact) mass is 449 g/mol. The van der Waals surface area contributed by atoms with Crippen LogP contribution >= 0.6 is 11.6 Å². The van der Waals surface area contributed by atoms with E-state index >= 15 is 0 Å². The zero-order valence-electron chi connectivity index (χ0n) is 16.9. The SMILES string of the molecule is FC(F)(F)c1c(CN2CCN(c3ccc(Cl)cc3)CC2)ccn2c(CC3CC3)nnc12. The minimum absolute atomic E-state index is 0.0829. The Hall–Kier alpha value is -2.32. The summed E-state index contributed by atoms with van der Waals surface area (Å²) in [6, 6.07) is 9.23. The molecule has 0 spiro atoms. The van der Waals surface area contributed by atoms with E-state index < -0.39 is 11.7 Å². The fraction of sp³-hybridized carbons (Fsp3) is 0.455. The minimum Gasteiger partial charge on any atom is -0.369 e. The lowest BCUT2D eigenvalue weighted by atomic mass is 10.1. The van der Waals surface area contributed by atoms with Crippen LogP contribution in [0.2, 0.25) is 5.02 Å². The number of aromatic nitrogens is 3. The first-order valence-corrected chi connectivity index (χ1v) is 10.9. The number of fused-ring (bicyclic) bond motifs is 1. The fourth-order valence-corrected chi connectivity index (χ4v) is 4.39. The van der Waals surface area contributed by atoms with Crippen LogP contribution in [0.15, 0.2) is 36.5 Å². The highest BCUT2D eigenvalue weighted by Gasteiger charge is 2.38. The third-order valence-corrected chi connectivity index (χ3v) is 6.40. The van der Waals surface area contributed by atoms with Crippen molar-refractivity contribution in [2.75, 3.05) is 31.1 Å². The van der Waals surface area contributed by atoms with Gasteiger partial charge in [-0.1, -0.05) is 11.6 Å². The van der Waals surface area contributed by atoms with Gasteiger partial charge in [-0.05, 0) is 54.7 Å². The van der Waals surface area contributed by atoms with E-state index in [4.69, 9.17) is 11.6 Å². The van der Waals surface area contributed by atoms with Crippen LogP contribution in [0, 0.1) is 5.92 Å². The van der Waals surface area contributed by atoms with Crippen LogP contribution in [-0.4, -0.2) is 45.7 Å². The van der Waals surface area contributed by atoms with Gasteiger partial charge in [0.2, 0.25) is 0 Å².